The second-order valence-electron chi connectivity index (χ2n) is 5.53. The van der Waals surface area contributed by atoms with Gasteiger partial charge in [-0.2, -0.15) is 0 Å². The van der Waals surface area contributed by atoms with E-state index in [2.05, 4.69) is 29.2 Å². The molecule has 0 saturated carbocycles. The summed E-state index contributed by atoms with van der Waals surface area (Å²) in [5.41, 5.74) is 0. The predicted molar refractivity (Wildman–Crippen MR) is 70.4 cm³/mol. The first kappa shape index (κ1) is 13.3. The fourth-order valence-electron chi connectivity index (χ4n) is 2.89. The summed E-state index contributed by atoms with van der Waals surface area (Å²) in [4.78, 5) is 4.88. The van der Waals surface area contributed by atoms with Crippen LogP contribution >= 0.6 is 0 Å². The average Bonchev–Trinajstić information content (AvgIpc) is 2.57. The summed E-state index contributed by atoms with van der Waals surface area (Å²) in [6.45, 7) is 6.48. The van der Waals surface area contributed by atoms with Crippen molar-refractivity contribution >= 4 is 0 Å². The van der Waals surface area contributed by atoms with Crippen LogP contribution in [0.3, 0.4) is 0 Å². The summed E-state index contributed by atoms with van der Waals surface area (Å²) < 4.78 is 5.84. The third kappa shape index (κ3) is 4.21. The van der Waals surface area contributed by atoms with Gasteiger partial charge in [-0.1, -0.05) is 0 Å². The number of likely N-dealkylation sites (N-methyl/N-ethyl adjacent to an activating group) is 2. The molecular weight excluding hydrogens is 214 g/mol. The average molecular weight is 241 g/mol. The van der Waals surface area contributed by atoms with Crippen LogP contribution in [0.15, 0.2) is 0 Å². The molecule has 2 aliphatic heterocycles. The van der Waals surface area contributed by atoms with E-state index >= 15 is 0 Å². The standard InChI is InChI=1S/C13H27N3O/c1-15-8-9-17-13(10-15)11-16(2)12-4-3-6-14-7-5-12/h12-14H,3-11H2,1-2H3. The number of hydrogen-bond donors (Lipinski definition) is 1. The van der Waals surface area contributed by atoms with Gasteiger partial charge in [-0.3, -0.25) is 0 Å². The van der Waals surface area contributed by atoms with Gasteiger partial charge in [0.05, 0.1) is 12.7 Å². The number of nitrogens with zero attached hydrogens (tertiary/aromatic N) is 2. The SMILES string of the molecule is CN1CCOC(CN(C)C2CCCNCC2)C1. The van der Waals surface area contributed by atoms with Crippen molar-refractivity contribution in [2.75, 3.05) is 53.4 Å². The molecule has 100 valence electrons. The van der Waals surface area contributed by atoms with Crippen LogP contribution in [0.25, 0.3) is 0 Å². The molecule has 2 heterocycles. The Balaban J connectivity index is 1.76. The highest BCUT2D eigenvalue weighted by Crippen LogP contribution is 2.14. The van der Waals surface area contributed by atoms with E-state index in [4.69, 9.17) is 4.74 Å². The second-order valence-corrected chi connectivity index (χ2v) is 5.53. The van der Waals surface area contributed by atoms with Crippen LogP contribution in [0, 0.1) is 0 Å². The van der Waals surface area contributed by atoms with Crippen LogP contribution in [0.5, 0.6) is 0 Å². The summed E-state index contributed by atoms with van der Waals surface area (Å²) in [7, 11) is 4.44. The molecular formula is C13H27N3O. The van der Waals surface area contributed by atoms with Gasteiger partial charge in [0, 0.05) is 25.7 Å². The summed E-state index contributed by atoms with van der Waals surface area (Å²) in [6, 6.07) is 0.737. The van der Waals surface area contributed by atoms with E-state index in [1.165, 1.54) is 32.4 Å². The molecule has 0 aromatic carbocycles. The van der Waals surface area contributed by atoms with Crippen molar-refractivity contribution < 1.29 is 4.74 Å². The minimum absolute atomic E-state index is 0.398. The molecule has 0 radical (unpaired) electrons. The van der Waals surface area contributed by atoms with Crippen molar-refractivity contribution in [1.29, 1.82) is 0 Å². The summed E-state index contributed by atoms with van der Waals surface area (Å²) in [6.07, 6.45) is 4.31. The van der Waals surface area contributed by atoms with Gasteiger partial charge in [0.1, 0.15) is 0 Å². The largest absolute Gasteiger partial charge is 0.374 e. The van der Waals surface area contributed by atoms with Gasteiger partial charge in [0.2, 0.25) is 0 Å². The number of rotatable bonds is 3. The lowest BCUT2D eigenvalue weighted by Gasteiger charge is -2.35. The number of hydrogen-bond acceptors (Lipinski definition) is 4. The van der Waals surface area contributed by atoms with Crippen molar-refractivity contribution in [3.8, 4) is 0 Å². The highest BCUT2D eigenvalue weighted by atomic mass is 16.5. The van der Waals surface area contributed by atoms with E-state index in [1.54, 1.807) is 0 Å². The van der Waals surface area contributed by atoms with Crippen LogP contribution < -0.4 is 5.32 Å². The van der Waals surface area contributed by atoms with Gasteiger partial charge in [-0.15, -0.1) is 0 Å². The van der Waals surface area contributed by atoms with E-state index in [1.807, 2.05) is 0 Å². The van der Waals surface area contributed by atoms with Gasteiger partial charge in [0.25, 0.3) is 0 Å². The lowest BCUT2D eigenvalue weighted by molar-refractivity contribution is -0.0379. The molecule has 0 aromatic rings. The first-order chi connectivity index (χ1) is 8.25. The second kappa shape index (κ2) is 6.69. The zero-order valence-corrected chi connectivity index (χ0v) is 11.3. The summed E-state index contributed by atoms with van der Waals surface area (Å²) >= 11 is 0. The number of ether oxygens (including phenoxy) is 1. The molecule has 0 bridgehead atoms. The van der Waals surface area contributed by atoms with Crippen molar-refractivity contribution in [3.63, 3.8) is 0 Å². The predicted octanol–water partition coefficient (Wildman–Crippen LogP) is 0.391. The minimum atomic E-state index is 0.398. The van der Waals surface area contributed by atoms with Gasteiger partial charge in [-0.25, -0.2) is 0 Å². The summed E-state index contributed by atoms with van der Waals surface area (Å²) in [5, 5.41) is 3.48. The molecule has 1 N–H and O–H groups in total. The topological polar surface area (TPSA) is 27.7 Å². The monoisotopic (exact) mass is 241 g/mol. The molecule has 4 nitrogen and oxygen atoms in total. The maximum Gasteiger partial charge on any atom is 0.0829 e. The Kier molecular flexibility index (Phi) is 5.22. The lowest BCUT2D eigenvalue weighted by atomic mass is 10.1. The third-order valence-corrected chi connectivity index (χ3v) is 4.00. The van der Waals surface area contributed by atoms with Crippen LogP contribution in [-0.2, 0) is 4.74 Å². The molecule has 17 heavy (non-hydrogen) atoms. The summed E-state index contributed by atoms with van der Waals surface area (Å²) in [5.74, 6) is 0. The van der Waals surface area contributed by atoms with Gasteiger partial charge < -0.3 is 19.9 Å². The quantitative estimate of drug-likeness (QED) is 0.774. The fourth-order valence-corrected chi connectivity index (χ4v) is 2.89. The van der Waals surface area contributed by atoms with Gasteiger partial charge >= 0.3 is 0 Å². The van der Waals surface area contributed by atoms with E-state index < -0.39 is 0 Å². The maximum atomic E-state index is 5.84. The minimum Gasteiger partial charge on any atom is -0.374 e. The normalized spacial score (nSPS) is 32.6. The first-order valence-electron chi connectivity index (χ1n) is 6.97. The molecule has 2 fully saturated rings. The fraction of sp³-hybridized carbons (Fsp3) is 1.00. The van der Waals surface area contributed by atoms with Crippen molar-refractivity contribution in [3.05, 3.63) is 0 Å². The molecule has 0 aromatic heterocycles. The zero-order chi connectivity index (χ0) is 12.1. The Morgan fingerprint density at radius 3 is 3.06 bits per heavy atom. The van der Waals surface area contributed by atoms with Crippen LogP contribution in [0.4, 0.5) is 0 Å². The van der Waals surface area contributed by atoms with Crippen molar-refractivity contribution in [2.45, 2.75) is 31.4 Å². The maximum absolute atomic E-state index is 5.84. The first-order valence-corrected chi connectivity index (χ1v) is 6.97. The van der Waals surface area contributed by atoms with E-state index in [0.717, 1.165) is 32.3 Å². The highest BCUT2D eigenvalue weighted by molar-refractivity contribution is 4.78. The molecule has 4 heteroatoms. The zero-order valence-electron chi connectivity index (χ0n) is 11.3. The van der Waals surface area contributed by atoms with Crippen LogP contribution in [-0.4, -0.2) is 75.4 Å². The molecule has 2 atom stereocenters. The van der Waals surface area contributed by atoms with E-state index in [0.29, 0.717) is 6.10 Å². The van der Waals surface area contributed by atoms with Gasteiger partial charge in [-0.05, 0) is 46.4 Å². The Bertz CT molecular complexity index is 217. The van der Waals surface area contributed by atoms with Crippen LogP contribution in [0.2, 0.25) is 0 Å². The molecule has 0 amide bonds. The van der Waals surface area contributed by atoms with Crippen molar-refractivity contribution in [1.82, 2.24) is 15.1 Å². The number of morpholine rings is 1. The third-order valence-electron chi connectivity index (χ3n) is 4.00. The molecule has 2 aliphatic rings. The Morgan fingerprint density at radius 1 is 1.35 bits per heavy atom. The van der Waals surface area contributed by atoms with E-state index in [-0.39, 0.29) is 0 Å². The molecule has 2 saturated heterocycles. The Labute approximate surface area is 105 Å². The molecule has 2 unspecified atom stereocenters. The highest BCUT2D eigenvalue weighted by Gasteiger charge is 2.23. The molecule has 2 rings (SSSR count). The van der Waals surface area contributed by atoms with Crippen molar-refractivity contribution in [2.24, 2.45) is 0 Å². The lowest BCUT2D eigenvalue weighted by Crippen LogP contribution is -2.47. The smallest absolute Gasteiger partial charge is 0.0829 e. The Morgan fingerprint density at radius 2 is 2.24 bits per heavy atom. The molecule has 0 aliphatic carbocycles. The van der Waals surface area contributed by atoms with Crippen LogP contribution in [0.1, 0.15) is 19.3 Å². The van der Waals surface area contributed by atoms with Gasteiger partial charge in [0.15, 0.2) is 0 Å². The molecule has 0 spiro atoms. The number of nitrogens with one attached hydrogen (secondary N) is 1. The van der Waals surface area contributed by atoms with E-state index in [9.17, 15) is 0 Å². The Hall–Kier alpha value is -0.160.